The minimum absolute atomic E-state index is 0. The van der Waals surface area contributed by atoms with Crippen molar-refractivity contribution in [2.24, 2.45) is 0 Å². The fraction of sp³-hybridized carbons (Fsp3) is 0.933. The average molecular weight is 789 g/mol. The second-order valence-corrected chi connectivity index (χ2v) is 17.0. The van der Waals surface area contributed by atoms with E-state index in [1.54, 1.807) is 0 Å². The largest absolute Gasteiger partial charge is 1.00 e. The molecule has 0 aromatic carbocycles. The summed E-state index contributed by atoms with van der Waals surface area (Å²) in [6, 6.07) is 0. The number of hydrogen-bond donors (Lipinski definition) is 0. The van der Waals surface area contributed by atoms with Crippen molar-refractivity contribution >= 4 is 17.9 Å². The molecule has 0 saturated carbocycles. The van der Waals surface area contributed by atoms with E-state index in [0.717, 1.165) is 57.8 Å². The zero-order chi connectivity index (χ0) is 39.0. The topological polar surface area (TPSA) is 88.1 Å². The van der Waals surface area contributed by atoms with E-state index in [9.17, 15) is 14.4 Å². The number of unbranched alkanes of at least 4 members (excludes halogenated alkanes) is 24. The number of rotatable bonds is 36. The Morgan fingerprint density at radius 3 is 1.22 bits per heavy atom. The van der Waals surface area contributed by atoms with Gasteiger partial charge in [0, 0.05) is 19.3 Å². The fourth-order valence-electron chi connectivity index (χ4n) is 7.32. The van der Waals surface area contributed by atoms with Gasteiger partial charge in [0.1, 0.15) is 12.6 Å². The molecule has 8 nitrogen and oxygen atoms in total. The maximum absolute atomic E-state index is 13.2. The normalized spacial score (nSPS) is 17.6. The highest BCUT2D eigenvalue weighted by Gasteiger charge is 2.49. The molecule has 4 atom stereocenters. The number of carbonyl (C=O) groups excluding carboxylic acids is 3. The Kier molecular flexibility index (Phi) is 33.9. The highest BCUT2D eigenvalue weighted by Crippen LogP contribution is 2.28. The summed E-state index contributed by atoms with van der Waals surface area (Å²) in [6.45, 7) is 7.31. The van der Waals surface area contributed by atoms with E-state index < -0.39 is 24.4 Å². The van der Waals surface area contributed by atoms with Gasteiger partial charge in [-0.15, -0.1) is 0 Å². The average Bonchev–Trinajstić information content (AvgIpc) is 3.49. The molecule has 1 rings (SSSR count). The minimum Gasteiger partial charge on any atom is -1.00 e. The van der Waals surface area contributed by atoms with Crippen LogP contribution < -0.4 is 12.4 Å². The third kappa shape index (κ3) is 28.9. The van der Waals surface area contributed by atoms with Gasteiger partial charge in [-0.2, -0.15) is 0 Å². The van der Waals surface area contributed by atoms with Gasteiger partial charge in [-0.25, -0.2) is 0 Å². The van der Waals surface area contributed by atoms with E-state index in [1.807, 2.05) is 21.1 Å². The van der Waals surface area contributed by atoms with Crippen molar-refractivity contribution < 1.29 is 50.2 Å². The molecular formula is C45H86ClNO7. The van der Waals surface area contributed by atoms with Crippen LogP contribution in [0.1, 0.15) is 213 Å². The van der Waals surface area contributed by atoms with Gasteiger partial charge < -0.3 is 35.8 Å². The SMILES string of the molecule is CCCCCCCCCCCC(=O)O[C@H]1[C@@H]([C@@H](C[N+](C)(C)C)OC(=O)CCCCCCCCCCC)OC[C@@H]1OC(=O)CCCCCCCCCCC.[Cl-]. The Morgan fingerprint density at radius 2 is 0.852 bits per heavy atom. The Labute approximate surface area is 339 Å². The molecular weight excluding hydrogens is 702 g/mol. The monoisotopic (exact) mass is 788 g/mol. The Bertz CT molecular complexity index is 911. The smallest absolute Gasteiger partial charge is 0.306 e. The van der Waals surface area contributed by atoms with Crippen molar-refractivity contribution in [3.63, 3.8) is 0 Å². The quantitative estimate of drug-likeness (QED) is 0.0272. The molecule has 1 aliphatic rings. The van der Waals surface area contributed by atoms with Crippen molar-refractivity contribution in [3.05, 3.63) is 0 Å². The molecule has 320 valence electrons. The van der Waals surface area contributed by atoms with Crippen LogP contribution in [0.25, 0.3) is 0 Å². The molecule has 0 aromatic rings. The predicted molar refractivity (Wildman–Crippen MR) is 218 cm³/mol. The van der Waals surface area contributed by atoms with Crippen molar-refractivity contribution in [1.82, 2.24) is 0 Å². The maximum atomic E-state index is 13.2. The Balaban J connectivity index is 0.0000281. The third-order valence-corrected chi connectivity index (χ3v) is 10.5. The summed E-state index contributed by atoms with van der Waals surface area (Å²) in [6.07, 6.45) is 29.8. The van der Waals surface area contributed by atoms with Gasteiger partial charge in [0.05, 0.1) is 27.7 Å². The predicted octanol–water partition coefficient (Wildman–Crippen LogP) is 8.59. The van der Waals surface area contributed by atoms with Crippen LogP contribution in [0.15, 0.2) is 0 Å². The number of ether oxygens (including phenoxy) is 4. The molecule has 54 heavy (non-hydrogen) atoms. The summed E-state index contributed by atoms with van der Waals surface area (Å²) < 4.78 is 25.0. The lowest BCUT2D eigenvalue weighted by Crippen LogP contribution is -3.00. The van der Waals surface area contributed by atoms with E-state index in [2.05, 4.69) is 20.8 Å². The van der Waals surface area contributed by atoms with Gasteiger partial charge in [0.25, 0.3) is 0 Å². The highest BCUT2D eigenvalue weighted by molar-refractivity contribution is 5.71. The van der Waals surface area contributed by atoms with Gasteiger partial charge in [0.2, 0.25) is 0 Å². The molecule has 0 aliphatic carbocycles. The first-order valence-corrected chi connectivity index (χ1v) is 22.6. The third-order valence-electron chi connectivity index (χ3n) is 10.5. The second kappa shape index (κ2) is 34.8. The van der Waals surface area contributed by atoms with Gasteiger partial charge >= 0.3 is 17.9 Å². The summed E-state index contributed by atoms with van der Waals surface area (Å²) in [4.78, 5) is 39.4. The standard InChI is InChI=1S/C45H86NO7.ClH/c1-7-10-13-16-19-22-25-28-31-34-41(47)51-39(37-46(4,5)6)44-45(53-43(49)36-33-30-27-24-21-18-15-12-9-3)40(38-50-44)52-42(48)35-32-29-26-23-20-17-14-11-8-2;/h39-40,44-45H,7-38H2,1-6H3;1H/q+1;/p-1/t39-,40+,44-,45-;/m1./s1. The first-order chi connectivity index (χ1) is 25.6. The molecule has 9 heteroatoms. The Hall–Kier alpha value is -1.38. The molecule has 0 aromatic heterocycles. The summed E-state index contributed by atoms with van der Waals surface area (Å²) in [5.41, 5.74) is 0. The fourth-order valence-corrected chi connectivity index (χ4v) is 7.32. The summed E-state index contributed by atoms with van der Waals surface area (Å²) in [7, 11) is 6.14. The van der Waals surface area contributed by atoms with E-state index in [0.29, 0.717) is 30.3 Å². The molecule has 1 heterocycles. The van der Waals surface area contributed by atoms with Crippen LogP contribution in [-0.4, -0.2) is 81.1 Å². The van der Waals surface area contributed by atoms with Gasteiger partial charge in [-0.3, -0.25) is 14.4 Å². The maximum Gasteiger partial charge on any atom is 0.306 e. The van der Waals surface area contributed by atoms with Crippen molar-refractivity contribution in [1.29, 1.82) is 0 Å². The molecule has 0 bridgehead atoms. The van der Waals surface area contributed by atoms with Crippen LogP contribution in [0.4, 0.5) is 0 Å². The Morgan fingerprint density at radius 1 is 0.519 bits per heavy atom. The lowest BCUT2D eigenvalue weighted by Gasteiger charge is -2.33. The molecule has 1 aliphatic heterocycles. The van der Waals surface area contributed by atoms with Crippen LogP contribution in [-0.2, 0) is 33.3 Å². The van der Waals surface area contributed by atoms with Crippen LogP contribution in [0.5, 0.6) is 0 Å². The molecule has 0 N–H and O–H groups in total. The molecule has 1 saturated heterocycles. The van der Waals surface area contributed by atoms with Crippen molar-refractivity contribution in [3.8, 4) is 0 Å². The first-order valence-electron chi connectivity index (χ1n) is 22.6. The summed E-state index contributed by atoms with van der Waals surface area (Å²) >= 11 is 0. The van der Waals surface area contributed by atoms with Crippen LogP contribution >= 0.6 is 0 Å². The molecule has 1 fully saturated rings. The van der Waals surface area contributed by atoms with Gasteiger partial charge in [0.15, 0.2) is 18.3 Å². The zero-order valence-electron chi connectivity index (χ0n) is 36.1. The van der Waals surface area contributed by atoms with E-state index >= 15 is 0 Å². The number of carbonyl (C=O) groups is 3. The zero-order valence-corrected chi connectivity index (χ0v) is 36.9. The van der Waals surface area contributed by atoms with E-state index in [1.165, 1.54) is 116 Å². The second-order valence-electron chi connectivity index (χ2n) is 17.0. The molecule has 0 amide bonds. The van der Waals surface area contributed by atoms with Crippen molar-refractivity contribution in [2.45, 2.75) is 238 Å². The number of quaternary nitrogens is 1. The van der Waals surface area contributed by atoms with Gasteiger partial charge in [-0.05, 0) is 19.3 Å². The number of hydrogen-bond acceptors (Lipinski definition) is 7. The molecule has 0 spiro atoms. The highest BCUT2D eigenvalue weighted by atomic mass is 35.5. The number of likely N-dealkylation sites (N-methyl/N-ethyl adjacent to an activating group) is 1. The lowest BCUT2D eigenvalue weighted by molar-refractivity contribution is -0.873. The van der Waals surface area contributed by atoms with E-state index in [4.69, 9.17) is 18.9 Å². The number of halogens is 1. The van der Waals surface area contributed by atoms with Crippen LogP contribution in [0.3, 0.4) is 0 Å². The number of esters is 3. The van der Waals surface area contributed by atoms with Crippen LogP contribution in [0.2, 0.25) is 0 Å². The lowest BCUT2D eigenvalue weighted by atomic mass is 10.0. The number of nitrogens with zero attached hydrogens (tertiary/aromatic N) is 1. The molecule has 0 unspecified atom stereocenters. The first kappa shape index (κ1) is 52.6. The van der Waals surface area contributed by atoms with Crippen molar-refractivity contribution in [2.75, 3.05) is 34.3 Å². The minimum atomic E-state index is -0.815. The summed E-state index contributed by atoms with van der Waals surface area (Å²) in [5.74, 6) is -0.841. The summed E-state index contributed by atoms with van der Waals surface area (Å²) in [5, 5.41) is 0. The van der Waals surface area contributed by atoms with Gasteiger partial charge in [-0.1, -0.05) is 175 Å². The molecule has 0 radical (unpaired) electrons. The van der Waals surface area contributed by atoms with E-state index in [-0.39, 0.29) is 36.9 Å². The van der Waals surface area contributed by atoms with Crippen LogP contribution in [0, 0.1) is 0 Å².